The lowest BCUT2D eigenvalue weighted by molar-refractivity contribution is 0.284. The number of anilines is 2. The van der Waals surface area contributed by atoms with Crippen molar-refractivity contribution >= 4 is 63.9 Å². The average Bonchev–Trinajstić information content (AvgIpc) is 2.95. The van der Waals surface area contributed by atoms with Gasteiger partial charge in [-0.3, -0.25) is 0 Å². The number of nitrogens with two attached hydrogens (primary N) is 1. The van der Waals surface area contributed by atoms with Crippen LogP contribution in [0.25, 0.3) is 6.08 Å². The standard InChI is InChI=1S/C32H25Cl4N3O2/c1-20(39(30-6-4-3-5-29(30)38)18-22-8-10-25(33)15-27(22)35)24(17-37)13-21-7-12-31(32(14-21)40-2)41-19-23-9-11-26(34)16-28(23)36/h3-16H,1,18-19,38H2,2H3/b24-13+. The number of ether oxygens (including phenoxy) is 2. The molecule has 0 fully saturated rings. The quantitative estimate of drug-likeness (QED) is 0.108. The first-order valence-corrected chi connectivity index (χ1v) is 13.8. The van der Waals surface area contributed by atoms with Gasteiger partial charge in [0.1, 0.15) is 12.7 Å². The van der Waals surface area contributed by atoms with E-state index in [1.807, 2.05) is 41.3 Å². The van der Waals surface area contributed by atoms with Crippen molar-refractivity contribution in [2.45, 2.75) is 13.2 Å². The average molecular weight is 625 g/mol. The van der Waals surface area contributed by atoms with Gasteiger partial charge in [0.25, 0.3) is 0 Å². The minimum absolute atomic E-state index is 0.225. The molecule has 208 valence electrons. The molecule has 0 spiro atoms. The van der Waals surface area contributed by atoms with Gasteiger partial charge in [-0.05, 0) is 65.7 Å². The Kier molecular flexibility index (Phi) is 10.1. The van der Waals surface area contributed by atoms with Gasteiger partial charge in [0, 0.05) is 32.2 Å². The third-order valence-electron chi connectivity index (χ3n) is 6.23. The molecule has 0 saturated heterocycles. The Morgan fingerprint density at radius 3 is 2.17 bits per heavy atom. The first-order valence-electron chi connectivity index (χ1n) is 12.3. The molecule has 4 aromatic rings. The zero-order chi connectivity index (χ0) is 29.5. The largest absolute Gasteiger partial charge is 0.493 e. The highest BCUT2D eigenvalue weighted by Crippen LogP contribution is 2.34. The van der Waals surface area contributed by atoms with Gasteiger partial charge in [0.15, 0.2) is 11.5 Å². The maximum absolute atomic E-state index is 10.2. The van der Waals surface area contributed by atoms with Gasteiger partial charge in [-0.2, -0.15) is 5.26 Å². The Morgan fingerprint density at radius 2 is 1.56 bits per heavy atom. The van der Waals surface area contributed by atoms with Crippen molar-refractivity contribution in [3.8, 4) is 17.6 Å². The number of allylic oxidation sites excluding steroid dienone is 1. The number of benzene rings is 4. The normalized spacial score (nSPS) is 11.1. The molecular weight excluding hydrogens is 600 g/mol. The summed E-state index contributed by atoms with van der Waals surface area (Å²) in [5, 5.41) is 12.2. The van der Waals surface area contributed by atoms with Gasteiger partial charge >= 0.3 is 0 Å². The molecule has 9 heteroatoms. The van der Waals surface area contributed by atoms with Crippen molar-refractivity contribution in [3.63, 3.8) is 0 Å². The number of para-hydroxylation sites is 2. The Labute approximate surface area is 259 Å². The van der Waals surface area contributed by atoms with Gasteiger partial charge in [-0.25, -0.2) is 0 Å². The minimum Gasteiger partial charge on any atom is -0.493 e. The van der Waals surface area contributed by atoms with Crippen LogP contribution in [0.1, 0.15) is 16.7 Å². The van der Waals surface area contributed by atoms with Crippen LogP contribution in [-0.2, 0) is 13.2 Å². The fraction of sp³-hybridized carbons (Fsp3) is 0.0938. The molecule has 0 aromatic heterocycles. The van der Waals surface area contributed by atoms with Crippen LogP contribution in [0.4, 0.5) is 11.4 Å². The Balaban J connectivity index is 1.63. The molecule has 0 atom stereocenters. The van der Waals surface area contributed by atoms with Crippen LogP contribution in [0.2, 0.25) is 20.1 Å². The molecule has 2 N–H and O–H groups in total. The summed E-state index contributed by atoms with van der Waals surface area (Å²) in [6, 6.07) is 25.5. The van der Waals surface area contributed by atoms with E-state index in [-0.39, 0.29) is 6.61 Å². The number of nitrogens with zero attached hydrogens (tertiary/aromatic N) is 2. The van der Waals surface area contributed by atoms with Crippen molar-refractivity contribution in [2.24, 2.45) is 0 Å². The third-order valence-corrected chi connectivity index (χ3v) is 7.40. The maximum Gasteiger partial charge on any atom is 0.161 e. The van der Waals surface area contributed by atoms with Crippen LogP contribution in [0, 0.1) is 11.3 Å². The minimum atomic E-state index is 0.225. The van der Waals surface area contributed by atoms with Gasteiger partial charge < -0.3 is 20.1 Å². The summed E-state index contributed by atoms with van der Waals surface area (Å²) in [5.41, 5.74) is 10.6. The first-order chi connectivity index (χ1) is 19.7. The van der Waals surface area contributed by atoms with Crippen LogP contribution < -0.4 is 20.1 Å². The van der Waals surface area contributed by atoms with Crippen molar-refractivity contribution in [3.05, 3.63) is 133 Å². The predicted molar refractivity (Wildman–Crippen MR) is 170 cm³/mol. The van der Waals surface area contributed by atoms with Crippen LogP contribution in [0.15, 0.2) is 96.7 Å². The molecule has 4 aromatic carbocycles. The van der Waals surface area contributed by atoms with Gasteiger partial charge in [0.2, 0.25) is 0 Å². The number of hydrogen-bond acceptors (Lipinski definition) is 5. The highest BCUT2D eigenvalue weighted by atomic mass is 35.5. The van der Waals surface area contributed by atoms with Gasteiger partial charge in [0.05, 0.1) is 29.8 Å². The van der Waals surface area contributed by atoms with E-state index in [4.69, 9.17) is 61.6 Å². The lowest BCUT2D eigenvalue weighted by Crippen LogP contribution is -2.23. The fourth-order valence-electron chi connectivity index (χ4n) is 4.06. The summed E-state index contributed by atoms with van der Waals surface area (Å²) in [6.07, 6.45) is 1.72. The molecule has 0 heterocycles. The van der Waals surface area contributed by atoms with E-state index in [2.05, 4.69) is 12.6 Å². The fourth-order valence-corrected chi connectivity index (χ4v) is 4.99. The number of rotatable bonds is 10. The molecule has 0 amide bonds. The number of nitrogen functional groups attached to an aromatic ring is 1. The maximum atomic E-state index is 10.2. The third kappa shape index (κ3) is 7.49. The Morgan fingerprint density at radius 1 is 0.902 bits per heavy atom. The SMILES string of the molecule is C=C(/C(C#N)=C/c1ccc(OCc2ccc(Cl)cc2Cl)c(OC)c1)N(Cc1ccc(Cl)cc1Cl)c1ccccc1N. The van der Waals surface area contributed by atoms with Crippen molar-refractivity contribution in [2.75, 3.05) is 17.7 Å². The van der Waals surface area contributed by atoms with E-state index >= 15 is 0 Å². The molecular formula is C32H25Cl4N3O2. The molecule has 0 unspecified atom stereocenters. The lowest BCUT2D eigenvalue weighted by Gasteiger charge is -2.28. The molecule has 0 aliphatic rings. The van der Waals surface area contributed by atoms with E-state index in [9.17, 15) is 5.26 Å². The molecule has 0 saturated carbocycles. The summed E-state index contributed by atoms with van der Waals surface area (Å²) in [4.78, 5) is 1.85. The molecule has 0 aliphatic heterocycles. The lowest BCUT2D eigenvalue weighted by atomic mass is 10.1. The van der Waals surface area contributed by atoms with E-state index in [0.29, 0.717) is 66.3 Å². The van der Waals surface area contributed by atoms with Crippen LogP contribution in [0.3, 0.4) is 0 Å². The molecule has 41 heavy (non-hydrogen) atoms. The first kappa shape index (κ1) is 30.2. The highest BCUT2D eigenvalue weighted by Gasteiger charge is 2.19. The second-order valence-corrected chi connectivity index (χ2v) is 10.6. The summed E-state index contributed by atoms with van der Waals surface area (Å²) < 4.78 is 11.5. The van der Waals surface area contributed by atoms with Crippen LogP contribution in [-0.4, -0.2) is 7.11 Å². The second-order valence-electron chi connectivity index (χ2n) is 8.93. The molecule has 0 radical (unpaired) electrons. The number of halogens is 4. The zero-order valence-electron chi connectivity index (χ0n) is 22.0. The topological polar surface area (TPSA) is 71.5 Å². The second kappa shape index (κ2) is 13.7. The molecule has 0 aliphatic carbocycles. The van der Waals surface area contributed by atoms with E-state index in [0.717, 1.165) is 11.1 Å². The predicted octanol–water partition coefficient (Wildman–Crippen LogP) is 9.60. The van der Waals surface area contributed by atoms with Crippen LogP contribution >= 0.6 is 46.4 Å². The smallest absolute Gasteiger partial charge is 0.161 e. The van der Waals surface area contributed by atoms with Crippen LogP contribution in [0.5, 0.6) is 11.5 Å². The van der Waals surface area contributed by atoms with Gasteiger partial charge in [-0.15, -0.1) is 0 Å². The van der Waals surface area contributed by atoms with Crippen molar-refractivity contribution < 1.29 is 9.47 Å². The Hall–Kier alpha value is -3.79. The zero-order valence-corrected chi connectivity index (χ0v) is 25.0. The summed E-state index contributed by atoms with van der Waals surface area (Å²) >= 11 is 24.9. The summed E-state index contributed by atoms with van der Waals surface area (Å²) in [6.45, 7) is 4.79. The molecule has 4 rings (SSSR count). The van der Waals surface area contributed by atoms with E-state index < -0.39 is 0 Å². The van der Waals surface area contributed by atoms with Crippen molar-refractivity contribution in [1.82, 2.24) is 0 Å². The van der Waals surface area contributed by atoms with Crippen molar-refractivity contribution in [1.29, 1.82) is 5.26 Å². The summed E-state index contributed by atoms with van der Waals surface area (Å²) in [5.74, 6) is 1.01. The number of methoxy groups -OCH3 is 1. The monoisotopic (exact) mass is 623 g/mol. The number of hydrogen-bond donors (Lipinski definition) is 1. The summed E-state index contributed by atoms with van der Waals surface area (Å²) in [7, 11) is 1.55. The highest BCUT2D eigenvalue weighted by molar-refractivity contribution is 6.35. The van der Waals surface area contributed by atoms with E-state index in [1.165, 1.54) is 0 Å². The number of nitriles is 1. The van der Waals surface area contributed by atoms with E-state index in [1.54, 1.807) is 55.7 Å². The molecule has 5 nitrogen and oxygen atoms in total. The Bertz CT molecular complexity index is 1660. The van der Waals surface area contributed by atoms with Gasteiger partial charge in [-0.1, -0.05) is 83.3 Å². The molecule has 0 bridgehead atoms.